The van der Waals surface area contributed by atoms with Crippen LogP contribution in [0.5, 0.6) is 0 Å². The van der Waals surface area contributed by atoms with Crippen LogP contribution >= 0.6 is 0 Å². The fraction of sp³-hybridized carbons (Fsp3) is 0.312. The Bertz CT molecular complexity index is 598. The lowest BCUT2D eigenvalue weighted by Gasteiger charge is -2.17. The van der Waals surface area contributed by atoms with Gasteiger partial charge in [0.15, 0.2) is 0 Å². The van der Waals surface area contributed by atoms with Gasteiger partial charge in [-0.15, -0.1) is 0 Å². The summed E-state index contributed by atoms with van der Waals surface area (Å²) in [4.78, 5) is 22.4. The number of aromatic nitrogens is 2. The molecule has 21 heavy (non-hydrogen) atoms. The molecule has 5 heteroatoms. The van der Waals surface area contributed by atoms with Gasteiger partial charge in [0.25, 0.3) is 5.91 Å². The van der Waals surface area contributed by atoms with Crippen molar-refractivity contribution in [2.24, 2.45) is 0 Å². The van der Waals surface area contributed by atoms with Gasteiger partial charge in [-0.25, -0.2) is 4.98 Å². The summed E-state index contributed by atoms with van der Waals surface area (Å²) in [5.74, 6) is 0.618. The van der Waals surface area contributed by atoms with Crippen LogP contribution in [0.1, 0.15) is 29.9 Å². The lowest BCUT2D eigenvalue weighted by Crippen LogP contribution is -2.27. The molecule has 2 rings (SSSR count). The maximum Gasteiger partial charge on any atom is 0.272 e. The molecule has 1 amide bonds. The molecule has 2 heterocycles. The number of rotatable bonds is 5. The summed E-state index contributed by atoms with van der Waals surface area (Å²) in [6.45, 7) is 4.60. The highest BCUT2D eigenvalue weighted by Crippen LogP contribution is 2.10. The summed E-state index contributed by atoms with van der Waals surface area (Å²) in [6.07, 6.45) is 3.44. The van der Waals surface area contributed by atoms with Gasteiger partial charge in [0.2, 0.25) is 0 Å². The monoisotopic (exact) mass is 284 g/mol. The molecule has 5 nitrogen and oxygen atoms in total. The molecule has 0 atom stereocenters. The Hall–Kier alpha value is -2.43. The van der Waals surface area contributed by atoms with E-state index in [2.05, 4.69) is 15.3 Å². The average Bonchev–Trinajstić information content (AvgIpc) is 2.47. The summed E-state index contributed by atoms with van der Waals surface area (Å²) >= 11 is 0. The van der Waals surface area contributed by atoms with Crippen LogP contribution in [0.25, 0.3) is 0 Å². The van der Waals surface area contributed by atoms with Crippen molar-refractivity contribution in [2.75, 3.05) is 12.4 Å². The van der Waals surface area contributed by atoms with Gasteiger partial charge >= 0.3 is 0 Å². The molecule has 0 saturated heterocycles. The van der Waals surface area contributed by atoms with Gasteiger partial charge in [-0.3, -0.25) is 9.78 Å². The van der Waals surface area contributed by atoms with E-state index in [1.807, 2.05) is 38.1 Å². The smallest absolute Gasteiger partial charge is 0.272 e. The van der Waals surface area contributed by atoms with Crippen molar-refractivity contribution in [2.45, 2.75) is 26.4 Å². The van der Waals surface area contributed by atoms with Crippen molar-refractivity contribution in [3.05, 3.63) is 54.0 Å². The van der Waals surface area contributed by atoms with Gasteiger partial charge in [0.1, 0.15) is 11.5 Å². The van der Waals surface area contributed by atoms with Crippen molar-refractivity contribution >= 4 is 11.7 Å². The molecule has 0 aliphatic carbocycles. The number of anilines is 1. The first kappa shape index (κ1) is 15.0. The minimum Gasteiger partial charge on any atom is -0.368 e. The predicted octanol–water partition coefficient (Wildman–Crippen LogP) is 2.57. The zero-order valence-corrected chi connectivity index (χ0v) is 12.6. The molecule has 1 N–H and O–H groups in total. The molecule has 2 aromatic rings. The molecular weight excluding hydrogens is 264 g/mol. The Kier molecular flexibility index (Phi) is 4.87. The standard InChI is InChI=1S/C16H20N4O/c1-12(2)18-15-6-4-5-14(19-15)16(21)20(3)11-13-7-9-17-10-8-13/h4-10,12H,11H2,1-3H3,(H,18,19). The third-order valence-electron chi connectivity index (χ3n) is 2.92. The lowest BCUT2D eigenvalue weighted by molar-refractivity contribution is 0.0779. The summed E-state index contributed by atoms with van der Waals surface area (Å²) in [6, 6.07) is 9.50. The molecule has 0 unspecified atom stereocenters. The van der Waals surface area contributed by atoms with E-state index in [4.69, 9.17) is 0 Å². The zero-order valence-electron chi connectivity index (χ0n) is 12.6. The van der Waals surface area contributed by atoms with E-state index in [1.165, 1.54) is 0 Å². The number of carbonyl (C=O) groups excluding carboxylic acids is 1. The molecule has 2 aromatic heterocycles. The van der Waals surface area contributed by atoms with Crippen LogP contribution in [0.2, 0.25) is 0 Å². The fourth-order valence-electron chi connectivity index (χ4n) is 1.96. The van der Waals surface area contributed by atoms with Crippen molar-refractivity contribution in [3.8, 4) is 0 Å². The van der Waals surface area contributed by atoms with Crippen molar-refractivity contribution in [1.29, 1.82) is 0 Å². The van der Waals surface area contributed by atoms with Gasteiger partial charge in [-0.2, -0.15) is 0 Å². The fourth-order valence-corrected chi connectivity index (χ4v) is 1.96. The number of hydrogen-bond donors (Lipinski definition) is 1. The summed E-state index contributed by atoms with van der Waals surface area (Å²) < 4.78 is 0. The number of hydrogen-bond acceptors (Lipinski definition) is 4. The van der Waals surface area contributed by atoms with E-state index in [0.717, 1.165) is 5.56 Å². The third kappa shape index (κ3) is 4.27. The van der Waals surface area contributed by atoms with Crippen LogP contribution in [0.3, 0.4) is 0 Å². The molecule has 0 spiro atoms. The van der Waals surface area contributed by atoms with E-state index in [1.54, 1.807) is 30.4 Å². The summed E-state index contributed by atoms with van der Waals surface area (Å²) in [5, 5.41) is 3.20. The van der Waals surface area contributed by atoms with Crippen LogP contribution in [0.4, 0.5) is 5.82 Å². The molecule has 0 saturated carbocycles. The maximum atomic E-state index is 12.4. The molecule has 0 aromatic carbocycles. The van der Waals surface area contributed by atoms with E-state index in [0.29, 0.717) is 18.1 Å². The molecule has 0 radical (unpaired) electrons. The number of amides is 1. The second-order valence-corrected chi connectivity index (χ2v) is 5.22. The van der Waals surface area contributed by atoms with E-state index < -0.39 is 0 Å². The van der Waals surface area contributed by atoms with Gasteiger partial charge in [-0.1, -0.05) is 6.07 Å². The third-order valence-corrected chi connectivity index (χ3v) is 2.92. The maximum absolute atomic E-state index is 12.4. The molecule has 110 valence electrons. The average molecular weight is 284 g/mol. The highest BCUT2D eigenvalue weighted by molar-refractivity contribution is 5.92. The summed E-state index contributed by atoms with van der Waals surface area (Å²) in [7, 11) is 1.77. The predicted molar refractivity (Wildman–Crippen MR) is 83.0 cm³/mol. The van der Waals surface area contributed by atoms with E-state index in [9.17, 15) is 4.79 Å². The molecule has 0 aliphatic rings. The second-order valence-electron chi connectivity index (χ2n) is 5.22. The molecule has 0 fully saturated rings. The van der Waals surface area contributed by atoms with Gasteiger partial charge < -0.3 is 10.2 Å². The highest BCUT2D eigenvalue weighted by Gasteiger charge is 2.14. The van der Waals surface area contributed by atoms with Crippen LogP contribution < -0.4 is 5.32 Å². The first-order valence-corrected chi connectivity index (χ1v) is 6.94. The topological polar surface area (TPSA) is 58.1 Å². The Morgan fingerprint density at radius 1 is 1.24 bits per heavy atom. The quantitative estimate of drug-likeness (QED) is 0.916. The molecule has 0 bridgehead atoms. The Labute approximate surface area is 125 Å². The number of nitrogens with one attached hydrogen (secondary N) is 1. The second kappa shape index (κ2) is 6.83. The van der Waals surface area contributed by atoms with Crippen LogP contribution in [0, 0.1) is 0 Å². The van der Waals surface area contributed by atoms with Crippen LogP contribution in [-0.4, -0.2) is 33.9 Å². The van der Waals surface area contributed by atoms with Gasteiger partial charge in [-0.05, 0) is 43.7 Å². The first-order valence-electron chi connectivity index (χ1n) is 6.94. The SMILES string of the molecule is CC(C)Nc1cccc(C(=O)N(C)Cc2ccncc2)n1. The Morgan fingerprint density at radius 2 is 1.95 bits per heavy atom. The van der Waals surface area contributed by atoms with Crippen LogP contribution in [0.15, 0.2) is 42.7 Å². The largest absolute Gasteiger partial charge is 0.368 e. The normalized spacial score (nSPS) is 10.5. The van der Waals surface area contributed by atoms with Crippen molar-refractivity contribution in [3.63, 3.8) is 0 Å². The summed E-state index contributed by atoms with van der Waals surface area (Å²) in [5.41, 5.74) is 1.48. The van der Waals surface area contributed by atoms with Crippen molar-refractivity contribution < 1.29 is 4.79 Å². The Balaban J connectivity index is 2.08. The minimum atomic E-state index is -0.0979. The first-order chi connectivity index (χ1) is 10.1. The minimum absolute atomic E-state index is 0.0979. The Morgan fingerprint density at radius 3 is 2.62 bits per heavy atom. The lowest BCUT2D eigenvalue weighted by atomic mass is 10.2. The van der Waals surface area contributed by atoms with E-state index in [-0.39, 0.29) is 11.9 Å². The van der Waals surface area contributed by atoms with E-state index >= 15 is 0 Å². The van der Waals surface area contributed by atoms with Crippen molar-refractivity contribution in [1.82, 2.24) is 14.9 Å². The van der Waals surface area contributed by atoms with Crippen LogP contribution in [-0.2, 0) is 6.54 Å². The number of carbonyl (C=O) groups is 1. The number of pyridine rings is 2. The highest BCUT2D eigenvalue weighted by atomic mass is 16.2. The molecule has 0 aliphatic heterocycles. The van der Waals surface area contributed by atoms with Gasteiger partial charge in [0.05, 0.1) is 0 Å². The zero-order chi connectivity index (χ0) is 15.2. The molecular formula is C16H20N4O. The van der Waals surface area contributed by atoms with Gasteiger partial charge in [0, 0.05) is 32.0 Å². The number of nitrogens with zero attached hydrogens (tertiary/aromatic N) is 3.